The first kappa shape index (κ1) is 12.5. The average molecular weight is 254 g/mol. The molecule has 0 bridgehead atoms. The molecule has 1 atom stereocenters. The van der Waals surface area contributed by atoms with Crippen molar-refractivity contribution in [2.24, 2.45) is 0 Å². The molecular formula is C11H12CoFO2-. The zero-order valence-electron chi connectivity index (χ0n) is 8.38. The van der Waals surface area contributed by atoms with Crippen molar-refractivity contribution in [3.63, 3.8) is 0 Å². The quantitative estimate of drug-likeness (QED) is 0.715. The molecule has 0 amide bonds. The van der Waals surface area contributed by atoms with E-state index in [0.29, 0.717) is 12.2 Å². The van der Waals surface area contributed by atoms with Crippen LogP contribution < -0.4 is 0 Å². The van der Waals surface area contributed by atoms with Crippen molar-refractivity contribution < 1.29 is 30.6 Å². The second-order valence-corrected chi connectivity index (χ2v) is 3.33. The Hall–Kier alpha value is -0.554. The summed E-state index contributed by atoms with van der Waals surface area (Å²) in [4.78, 5) is 0. The Morgan fingerprint density at radius 2 is 2.27 bits per heavy atom. The fraction of sp³-hybridized carbons (Fsp3) is 0.364. The third-order valence-electron chi connectivity index (χ3n) is 2.41. The van der Waals surface area contributed by atoms with E-state index in [9.17, 15) is 4.39 Å². The van der Waals surface area contributed by atoms with Gasteiger partial charge in [0.2, 0.25) is 0 Å². The van der Waals surface area contributed by atoms with Gasteiger partial charge in [-0.3, -0.25) is 0 Å². The molecule has 2 nitrogen and oxygen atoms in total. The van der Waals surface area contributed by atoms with Gasteiger partial charge in [-0.25, -0.2) is 4.39 Å². The number of fused-ring (bicyclic) bond motifs is 1. The molecule has 1 radical (unpaired) electrons. The molecule has 0 N–H and O–H groups in total. The van der Waals surface area contributed by atoms with E-state index in [-0.39, 0.29) is 22.6 Å². The second-order valence-electron chi connectivity index (χ2n) is 3.33. The molecule has 0 aliphatic carbocycles. The minimum atomic E-state index is -0.396. The van der Waals surface area contributed by atoms with Crippen LogP contribution in [0.5, 0.6) is 0 Å². The second kappa shape index (κ2) is 4.98. The molecule has 0 unspecified atom stereocenters. The summed E-state index contributed by atoms with van der Waals surface area (Å²) < 4.78 is 23.6. The van der Waals surface area contributed by atoms with Crippen LogP contribution in [0, 0.1) is 12.7 Å². The summed E-state index contributed by atoms with van der Waals surface area (Å²) in [7, 11) is 1.57. The Balaban J connectivity index is 0.00000112. The number of benzene rings is 1. The minimum absolute atomic E-state index is 0. The molecule has 1 heterocycles. The van der Waals surface area contributed by atoms with Crippen LogP contribution in [0.1, 0.15) is 23.0 Å². The zero-order chi connectivity index (χ0) is 10.1. The van der Waals surface area contributed by atoms with Gasteiger partial charge in [-0.05, 0) is 12.5 Å². The largest absolute Gasteiger partial charge is 0.362 e. The van der Waals surface area contributed by atoms with Gasteiger partial charge in [0.05, 0.1) is 12.4 Å². The predicted octanol–water partition coefficient (Wildman–Crippen LogP) is 2.22. The van der Waals surface area contributed by atoms with E-state index in [0.717, 1.165) is 17.5 Å². The molecule has 1 aliphatic heterocycles. The molecule has 2 rings (SSSR count). The summed E-state index contributed by atoms with van der Waals surface area (Å²) in [5, 5.41) is 0. The molecule has 85 valence electrons. The van der Waals surface area contributed by atoms with Crippen molar-refractivity contribution in [2.75, 3.05) is 13.7 Å². The van der Waals surface area contributed by atoms with Crippen LogP contribution in [0.15, 0.2) is 12.1 Å². The molecule has 0 aromatic heterocycles. The SMILES string of the molecule is [CH2-]c1cc(F)cc2c1[C@@H](OC)OCC2.[Co]. The van der Waals surface area contributed by atoms with Crippen LogP contribution in [0.2, 0.25) is 0 Å². The normalized spacial score (nSPS) is 19.2. The van der Waals surface area contributed by atoms with E-state index in [1.165, 1.54) is 12.1 Å². The summed E-state index contributed by atoms with van der Waals surface area (Å²) in [5.74, 6) is -0.245. The van der Waals surface area contributed by atoms with Crippen LogP contribution in [0.3, 0.4) is 0 Å². The number of ether oxygens (including phenoxy) is 2. The first-order valence-corrected chi connectivity index (χ1v) is 4.51. The molecule has 0 fully saturated rings. The smallest absolute Gasteiger partial charge is 0.138 e. The Morgan fingerprint density at radius 1 is 1.53 bits per heavy atom. The van der Waals surface area contributed by atoms with Crippen LogP contribution in [-0.2, 0) is 32.7 Å². The molecule has 4 heteroatoms. The van der Waals surface area contributed by atoms with Gasteiger partial charge in [0.25, 0.3) is 0 Å². The number of methoxy groups -OCH3 is 1. The average Bonchev–Trinajstić information content (AvgIpc) is 2.16. The van der Waals surface area contributed by atoms with E-state index in [1.54, 1.807) is 7.11 Å². The van der Waals surface area contributed by atoms with E-state index >= 15 is 0 Å². The maximum atomic E-state index is 13.1. The zero-order valence-corrected chi connectivity index (χ0v) is 9.42. The Morgan fingerprint density at radius 3 is 2.93 bits per heavy atom. The maximum Gasteiger partial charge on any atom is 0.138 e. The third kappa shape index (κ3) is 2.34. The van der Waals surface area contributed by atoms with Crippen molar-refractivity contribution in [3.8, 4) is 0 Å². The van der Waals surface area contributed by atoms with Crippen molar-refractivity contribution in [1.82, 2.24) is 0 Å². The van der Waals surface area contributed by atoms with Crippen molar-refractivity contribution >= 4 is 0 Å². The van der Waals surface area contributed by atoms with Crippen LogP contribution in [0.25, 0.3) is 0 Å². The fourth-order valence-electron chi connectivity index (χ4n) is 1.79. The van der Waals surface area contributed by atoms with Crippen LogP contribution in [-0.4, -0.2) is 13.7 Å². The van der Waals surface area contributed by atoms with E-state index in [2.05, 4.69) is 6.92 Å². The molecule has 0 saturated heterocycles. The topological polar surface area (TPSA) is 18.5 Å². The van der Waals surface area contributed by atoms with Crippen LogP contribution in [0.4, 0.5) is 4.39 Å². The molecule has 0 saturated carbocycles. The van der Waals surface area contributed by atoms with Gasteiger partial charge in [0, 0.05) is 23.9 Å². The standard InChI is InChI=1S/C11H12FO2.Co/c1-7-5-9(12)6-8-3-4-14-11(13-2)10(7)8;/h5-6,11H,1,3-4H2,2H3;/q-1;/t11-;/m0./s1. The molecule has 0 spiro atoms. The molecule has 15 heavy (non-hydrogen) atoms. The number of rotatable bonds is 1. The van der Waals surface area contributed by atoms with Gasteiger partial charge < -0.3 is 9.47 Å². The van der Waals surface area contributed by atoms with Gasteiger partial charge in [-0.2, -0.15) is 12.5 Å². The van der Waals surface area contributed by atoms with E-state index in [4.69, 9.17) is 9.47 Å². The molecule has 1 aromatic rings. The van der Waals surface area contributed by atoms with Gasteiger partial charge in [0.1, 0.15) is 6.29 Å². The minimum Gasteiger partial charge on any atom is -0.362 e. The van der Waals surface area contributed by atoms with Crippen molar-refractivity contribution in [2.45, 2.75) is 12.7 Å². The summed E-state index contributed by atoms with van der Waals surface area (Å²) >= 11 is 0. The Bertz CT molecular complexity index is 355. The van der Waals surface area contributed by atoms with Gasteiger partial charge in [-0.15, -0.1) is 6.07 Å². The van der Waals surface area contributed by atoms with Gasteiger partial charge in [0.15, 0.2) is 0 Å². The van der Waals surface area contributed by atoms with Gasteiger partial charge in [-0.1, -0.05) is 11.1 Å². The van der Waals surface area contributed by atoms with E-state index in [1.807, 2.05) is 0 Å². The monoisotopic (exact) mass is 254 g/mol. The maximum absolute atomic E-state index is 13.1. The number of hydrogen-bond acceptors (Lipinski definition) is 2. The van der Waals surface area contributed by atoms with Crippen molar-refractivity contribution in [3.05, 3.63) is 41.6 Å². The van der Waals surface area contributed by atoms with Gasteiger partial charge >= 0.3 is 0 Å². The van der Waals surface area contributed by atoms with E-state index < -0.39 is 6.29 Å². The summed E-state index contributed by atoms with van der Waals surface area (Å²) in [5.41, 5.74) is 2.46. The molecular weight excluding hydrogens is 242 g/mol. The summed E-state index contributed by atoms with van der Waals surface area (Å²) in [6.07, 6.45) is 0.321. The Labute approximate surface area is 99.0 Å². The number of hydrogen-bond donors (Lipinski definition) is 0. The molecule has 1 aromatic carbocycles. The molecule has 1 aliphatic rings. The Kier molecular flexibility index (Phi) is 4.16. The van der Waals surface area contributed by atoms with Crippen molar-refractivity contribution in [1.29, 1.82) is 0 Å². The first-order valence-electron chi connectivity index (χ1n) is 4.51. The van der Waals surface area contributed by atoms with Crippen LogP contribution >= 0.6 is 0 Å². The summed E-state index contributed by atoms with van der Waals surface area (Å²) in [6.45, 7) is 4.36. The first-order chi connectivity index (χ1) is 6.72. The fourth-order valence-corrected chi connectivity index (χ4v) is 1.79. The predicted molar refractivity (Wildman–Crippen MR) is 50.3 cm³/mol. The summed E-state index contributed by atoms with van der Waals surface area (Å²) in [6, 6.07) is 2.93. The third-order valence-corrected chi connectivity index (χ3v) is 2.41. The number of halogens is 1.